The summed E-state index contributed by atoms with van der Waals surface area (Å²) in [5.74, 6) is 0.420. The molecule has 12 heteroatoms. The van der Waals surface area contributed by atoms with Crippen LogP contribution in [-0.2, 0) is 11.2 Å². The van der Waals surface area contributed by atoms with Crippen LogP contribution in [0.25, 0.3) is 10.9 Å². The molecule has 4 rings (SSSR count). The van der Waals surface area contributed by atoms with E-state index >= 15 is 0 Å². The van der Waals surface area contributed by atoms with Gasteiger partial charge in [-0.25, -0.2) is 9.37 Å². The molecule has 4 aromatic rings. The molecule has 1 aromatic heterocycles. The number of ether oxygens (including phenoxy) is 2. The molecule has 0 saturated heterocycles. The number of carbonyl (C=O) groups is 1. The van der Waals surface area contributed by atoms with Crippen LogP contribution in [0.2, 0.25) is 0 Å². The lowest BCUT2D eigenvalue weighted by molar-refractivity contribution is -0.118. The van der Waals surface area contributed by atoms with Crippen molar-refractivity contribution in [1.82, 2.24) is 9.66 Å². The number of hydrogen-bond acceptors (Lipinski definition) is 6. The summed E-state index contributed by atoms with van der Waals surface area (Å²) in [6.07, 6.45) is 3.94. The molecule has 0 aliphatic rings. The number of anilines is 1. The minimum Gasteiger partial charge on any atom is -0.490 e. The van der Waals surface area contributed by atoms with Crippen molar-refractivity contribution in [3.05, 3.63) is 89.5 Å². The average Bonchev–Trinajstić information content (AvgIpc) is 2.95. The van der Waals surface area contributed by atoms with E-state index in [0.717, 1.165) is 17.3 Å². The van der Waals surface area contributed by atoms with Crippen molar-refractivity contribution in [2.45, 2.75) is 33.1 Å². The summed E-state index contributed by atoms with van der Waals surface area (Å²) < 4.78 is 28.0. The fourth-order valence-electron chi connectivity index (χ4n) is 3.89. The Morgan fingerprint density at radius 1 is 1.07 bits per heavy atom. The fourth-order valence-corrected chi connectivity index (χ4v) is 5.19. The molecular formula is C29H26Br3FN4O4. The third kappa shape index (κ3) is 7.60. The normalized spacial score (nSPS) is 11.3. The number of benzene rings is 3. The van der Waals surface area contributed by atoms with Gasteiger partial charge in [-0.1, -0.05) is 29.3 Å². The van der Waals surface area contributed by atoms with Crippen molar-refractivity contribution in [1.29, 1.82) is 0 Å². The number of halogens is 4. The molecule has 1 N–H and O–H groups in total. The number of aryl methyl sites for hydroxylation is 1. The van der Waals surface area contributed by atoms with Gasteiger partial charge in [-0.2, -0.15) is 9.78 Å². The summed E-state index contributed by atoms with van der Waals surface area (Å²) in [6, 6.07) is 12.5. The van der Waals surface area contributed by atoms with Crippen molar-refractivity contribution < 1.29 is 18.7 Å². The molecule has 0 fully saturated rings. The highest BCUT2D eigenvalue weighted by Crippen LogP contribution is 2.42. The minimum absolute atomic E-state index is 0.272. The van der Waals surface area contributed by atoms with Crippen LogP contribution in [0.4, 0.5) is 10.1 Å². The maximum absolute atomic E-state index is 13.4. The number of carbonyl (C=O) groups excluding carboxylic acids is 1. The van der Waals surface area contributed by atoms with Gasteiger partial charge in [0, 0.05) is 26.6 Å². The van der Waals surface area contributed by atoms with E-state index in [0.29, 0.717) is 61.5 Å². The van der Waals surface area contributed by atoms with E-state index in [2.05, 4.69) is 65.1 Å². The second-order valence-electron chi connectivity index (χ2n) is 8.85. The molecule has 1 heterocycles. The quantitative estimate of drug-likeness (QED) is 0.161. The van der Waals surface area contributed by atoms with Gasteiger partial charge in [0.05, 0.1) is 28.2 Å². The van der Waals surface area contributed by atoms with E-state index in [1.807, 2.05) is 19.1 Å². The Hall–Kier alpha value is -3.09. The Labute approximate surface area is 261 Å². The number of unbranched alkanes of at least 4 members (excludes halogenated alkanes) is 1. The number of fused-ring (bicyclic) bond motifs is 1. The van der Waals surface area contributed by atoms with Gasteiger partial charge >= 0.3 is 0 Å². The first-order chi connectivity index (χ1) is 19.7. The van der Waals surface area contributed by atoms with E-state index in [4.69, 9.17) is 14.5 Å². The van der Waals surface area contributed by atoms with Crippen LogP contribution in [0, 0.1) is 5.82 Å². The van der Waals surface area contributed by atoms with Crippen molar-refractivity contribution >= 4 is 76.5 Å². The maximum Gasteiger partial charge on any atom is 0.282 e. The number of aromatic nitrogens is 2. The van der Waals surface area contributed by atoms with Crippen LogP contribution < -0.4 is 20.3 Å². The van der Waals surface area contributed by atoms with Gasteiger partial charge in [0.25, 0.3) is 11.5 Å². The predicted octanol–water partition coefficient (Wildman–Crippen LogP) is 7.46. The summed E-state index contributed by atoms with van der Waals surface area (Å²) in [7, 11) is 0. The van der Waals surface area contributed by atoms with E-state index < -0.39 is 11.7 Å². The Bertz CT molecular complexity index is 1660. The first kappa shape index (κ1) is 30.9. The Morgan fingerprint density at radius 2 is 1.83 bits per heavy atom. The number of nitrogens with one attached hydrogen (secondary N) is 1. The second kappa shape index (κ2) is 14.2. The van der Waals surface area contributed by atoms with Gasteiger partial charge in [0.15, 0.2) is 18.1 Å². The number of rotatable bonds is 11. The van der Waals surface area contributed by atoms with Crippen LogP contribution in [0.15, 0.2) is 71.8 Å². The summed E-state index contributed by atoms with van der Waals surface area (Å²) >= 11 is 10.5. The first-order valence-corrected chi connectivity index (χ1v) is 15.2. The van der Waals surface area contributed by atoms with Gasteiger partial charge in [0.2, 0.25) is 0 Å². The van der Waals surface area contributed by atoms with Crippen molar-refractivity contribution in [2.75, 3.05) is 18.5 Å². The highest BCUT2D eigenvalue weighted by Gasteiger charge is 2.19. The Balaban J connectivity index is 1.65. The summed E-state index contributed by atoms with van der Waals surface area (Å²) in [4.78, 5) is 30.6. The fraction of sp³-hybridized carbons (Fsp3) is 0.241. The van der Waals surface area contributed by atoms with Gasteiger partial charge in [0.1, 0.15) is 11.6 Å². The molecule has 0 atom stereocenters. The molecule has 0 bridgehead atoms. The molecule has 0 aliphatic carbocycles. The largest absolute Gasteiger partial charge is 0.490 e. The zero-order chi connectivity index (χ0) is 29.5. The molecule has 0 spiro atoms. The third-order valence-corrected chi connectivity index (χ3v) is 8.51. The van der Waals surface area contributed by atoms with Crippen LogP contribution >= 0.6 is 47.8 Å². The highest BCUT2D eigenvalue weighted by molar-refractivity contribution is 9.13. The topological polar surface area (TPSA) is 94.8 Å². The lowest BCUT2D eigenvalue weighted by Crippen LogP contribution is -2.22. The molecule has 214 valence electrons. The standard InChI is InChI=1S/C29H26Br3FN4O4/c1-3-5-6-24-36-22-12-7-18(30)14-21(22)29(39)37(24)34-15-17-13-23(40-4-2)28(27(32)26(17)31)41-16-25(38)35-20-10-8-19(33)9-11-20/h7-15H,3-6,16H2,1-2H3,(H,35,38). The average molecular weight is 753 g/mol. The zero-order valence-corrected chi connectivity index (χ0v) is 27.0. The second-order valence-corrected chi connectivity index (χ2v) is 11.4. The van der Waals surface area contributed by atoms with Crippen molar-refractivity contribution in [2.24, 2.45) is 5.10 Å². The van der Waals surface area contributed by atoms with E-state index in [1.165, 1.54) is 28.9 Å². The lowest BCUT2D eigenvalue weighted by atomic mass is 10.2. The van der Waals surface area contributed by atoms with Crippen LogP contribution in [0.1, 0.15) is 38.1 Å². The molecule has 8 nitrogen and oxygen atoms in total. The van der Waals surface area contributed by atoms with Gasteiger partial charge in [-0.3, -0.25) is 9.59 Å². The van der Waals surface area contributed by atoms with Crippen LogP contribution in [-0.4, -0.2) is 35.0 Å². The monoisotopic (exact) mass is 750 g/mol. The van der Waals surface area contributed by atoms with E-state index in [1.54, 1.807) is 18.3 Å². The third-order valence-electron chi connectivity index (χ3n) is 5.87. The van der Waals surface area contributed by atoms with Gasteiger partial charge in [-0.15, -0.1) is 0 Å². The molecule has 1 amide bonds. The molecule has 3 aromatic carbocycles. The van der Waals surface area contributed by atoms with Crippen LogP contribution in [0.5, 0.6) is 11.5 Å². The van der Waals surface area contributed by atoms with Gasteiger partial charge in [-0.05, 0) is 93.7 Å². The van der Waals surface area contributed by atoms with E-state index in [-0.39, 0.29) is 12.2 Å². The SMILES string of the molecule is CCCCc1nc2ccc(Br)cc2c(=O)n1N=Cc1cc(OCC)c(OCC(=O)Nc2ccc(F)cc2)c(Br)c1Br. The predicted molar refractivity (Wildman–Crippen MR) is 169 cm³/mol. The summed E-state index contributed by atoms with van der Waals surface area (Å²) in [6.45, 7) is 3.92. The highest BCUT2D eigenvalue weighted by atomic mass is 79.9. The minimum atomic E-state index is -0.429. The van der Waals surface area contributed by atoms with Crippen molar-refractivity contribution in [3.63, 3.8) is 0 Å². The number of amides is 1. The number of hydrogen-bond donors (Lipinski definition) is 1. The summed E-state index contributed by atoms with van der Waals surface area (Å²) in [5, 5.41) is 7.64. The Morgan fingerprint density at radius 3 is 2.54 bits per heavy atom. The first-order valence-electron chi connectivity index (χ1n) is 12.8. The molecular weight excluding hydrogens is 727 g/mol. The van der Waals surface area contributed by atoms with Crippen LogP contribution in [0.3, 0.4) is 0 Å². The molecule has 41 heavy (non-hydrogen) atoms. The lowest BCUT2D eigenvalue weighted by Gasteiger charge is -2.16. The Kier molecular flexibility index (Phi) is 10.7. The smallest absolute Gasteiger partial charge is 0.282 e. The summed E-state index contributed by atoms with van der Waals surface area (Å²) in [5.41, 5.74) is 1.39. The maximum atomic E-state index is 13.4. The molecule has 0 saturated carbocycles. The molecule has 0 aliphatic heterocycles. The number of nitrogens with zero attached hydrogens (tertiary/aromatic N) is 3. The van der Waals surface area contributed by atoms with E-state index in [9.17, 15) is 14.0 Å². The van der Waals surface area contributed by atoms with Crippen molar-refractivity contribution in [3.8, 4) is 11.5 Å². The molecule has 0 unspecified atom stereocenters. The zero-order valence-electron chi connectivity index (χ0n) is 22.2. The molecule has 0 radical (unpaired) electrons. The van der Waals surface area contributed by atoms with Gasteiger partial charge < -0.3 is 14.8 Å².